The van der Waals surface area contributed by atoms with Crippen LogP contribution in [0.4, 0.5) is 17.3 Å². The van der Waals surface area contributed by atoms with E-state index in [0.717, 1.165) is 37.8 Å². The molecule has 2 aliphatic carbocycles. The number of nitrogens with one attached hydrogen (secondary N) is 3. The molecule has 35 heavy (non-hydrogen) atoms. The van der Waals surface area contributed by atoms with Crippen LogP contribution in [0.25, 0.3) is 11.5 Å². The van der Waals surface area contributed by atoms with Crippen molar-refractivity contribution in [1.82, 2.24) is 34.7 Å². The quantitative estimate of drug-likeness (QED) is 0.375. The predicted molar refractivity (Wildman–Crippen MR) is 131 cm³/mol. The normalized spacial score (nSPS) is 15.6. The maximum atomic E-state index is 13.2. The van der Waals surface area contributed by atoms with Gasteiger partial charge in [0.25, 0.3) is 11.5 Å². The van der Waals surface area contributed by atoms with Gasteiger partial charge in [-0.15, -0.1) is 5.10 Å². The van der Waals surface area contributed by atoms with Gasteiger partial charge < -0.3 is 16.0 Å². The van der Waals surface area contributed by atoms with E-state index in [1.165, 1.54) is 10.8 Å². The summed E-state index contributed by atoms with van der Waals surface area (Å²) in [5.74, 6) is 1.77. The van der Waals surface area contributed by atoms with Crippen molar-refractivity contribution in [3.8, 4) is 5.82 Å². The molecule has 4 aromatic rings. The molecule has 3 N–H and O–H groups in total. The highest BCUT2D eigenvalue weighted by Gasteiger charge is 2.25. The highest BCUT2D eigenvalue weighted by Crippen LogP contribution is 2.38. The van der Waals surface area contributed by atoms with Crippen molar-refractivity contribution in [2.24, 2.45) is 0 Å². The van der Waals surface area contributed by atoms with Gasteiger partial charge in [0, 0.05) is 31.3 Å². The first-order valence-corrected chi connectivity index (χ1v) is 11.8. The summed E-state index contributed by atoms with van der Waals surface area (Å²) in [4.78, 5) is 30.6. The molecule has 2 saturated carbocycles. The minimum atomic E-state index is -0.287. The van der Waals surface area contributed by atoms with Crippen LogP contribution in [-0.2, 0) is 0 Å². The third-order valence-electron chi connectivity index (χ3n) is 6.54. The number of aromatic nitrogens is 6. The molecule has 0 radical (unpaired) electrons. The molecule has 6 rings (SSSR count). The summed E-state index contributed by atoms with van der Waals surface area (Å²) in [5.41, 5.74) is 1.78. The van der Waals surface area contributed by atoms with E-state index >= 15 is 0 Å². The number of anilines is 3. The zero-order chi connectivity index (χ0) is 23.9. The van der Waals surface area contributed by atoms with Crippen LogP contribution in [0.5, 0.6) is 0 Å². The average molecular weight is 472 g/mol. The summed E-state index contributed by atoms with van der Waals surface area (Å²) >= 11 is 0. The minimum Gasteiger partial charge on any atom is -0.373 e. The number of rotatable bonds is 7. The summed E-state index contributed by atoms with van der Waals surface area (Å²) in [7, 11) is 1.76. The Bertz CT molecular complexity index is 1470. The fourth-order valence-corrected chi connectivity index (χ4v) is 4.15. The lowest BCUT2D eigenvalue weighted by Crippen LogP contribution is -2.39. The first-order chi connectivity index (χ1) is 17.1. The van der Waals surface area contributed by atoms with Crippen molar-refractivity contribution in [3.63, 3.8) is 0 Å². The van der Waals surface area contributed by atoms with E-state index in [-0.39, 0.29) is 17.5 Å². The molecule has 0 spiro atoms. The minimum absolute atomic E-state index is 0.201. The second kappa shape index (κ2) is 8.49. The molecule has 0 unspecified atom stereocenters. The Morgan fingerprint density at radius 1 is 1.11 bits per heavy atom. The molecule has 0 saturated heterocycles. The summed E-state index contributed by atoms with van der Waals surface area (Å²) in [6.45, 7) is 0. The zero-order valence-electron chi connectivity index (χ0n) is 19.2. The molecular formula is C24H25N9O2. The van der Waals surface area contributed by atoms with Crippen molar-refractivity contribution < 1.29 is 4.79 Å². The summed E-state index contributed by atoms with van der Waals surface area (Å²) < 4.78 is 3.01. The summed E-state index contributed by atoms with van der Waals surface area (Å²) in [5, 5.41) is 22.1. The standard InChI is InChI=1S/C24H25N9O2/c1-25-21-12-19(29-22-16(13-26-33(21)22)23(34)27-15-4-2-5-15)28-18-6-3-11-32(24(18)35)20-10-9-17(30-31-20)14-7-8-14/h3,6,9-15,25H,2,4-5,7-8H2,1H3,(H,27,34)(H,28,29). The fraction of sp³-hybridized carbons (Fsp3) is 0.333. The van der Waals surface area contributed by atoms with Crippen molar-refractivity contribution in [2.75, 3.05) is 17.7 Å². The highest BCUT2D eigenvalue weighted by atomic mass is 16.2. The Morgan fingerprint density at radius 3 is 2.66 bits per heavy atom. The zero-order valence-corrected chi connectivity index (χ0v) is 19.2. The molecule has 4 heterocycles. The Morgan fingerprint density at radius 2 is 1.97 bits per heavy atom. The Labute approximate surface area is 200 Å². The van der Waals surface area contributed by atoms with E-state index in [9.17, 15) is 9.59 Å². The van der Waals surface area contributed by atoms with Crippen LogP contribution in [-0.4, -0.2) is 48.4 Å². The molecule has 2 aliphatic rings. The topological polar surface area (TPSA) is 131 Å². The van der Waals surface area contributed by atoms with E-state index < -0.39 is 0 Å². The molecule has 4 aromatic heterocycles. The van der Waals surface area contributed by atoms with E-state index in [1.807, 2.05) is 12.1 Å². The molecule has 0 bridgehead atoms. The molecule has 2 fully saturated rings. The first kappa shape index (κ1) is 21.3. The fourth-order valence-electron chi connectivity index (χ4n) is 4.15. The molecule has 0 aromatic carbocycles. The molecule has 178 valence electrons. The van der Waals surface area contributed by atoms with Gasteiger partial charge in [-0.1, -0.05) is 0 Å². The van der Waals surface area contributed by atoms with Gasteiger partial charge in [-0.3, -0.25) is 14.2 Å². The van der Waals surface area contributed by atoms with Crippen molar-refractivity contribution in [1.29, 1.82) is 0 Å². The molecule has 0 atom stereocenters. The average Bonchev–Trinajstić information content (AvgIpc) is 3.61. The number of pyridine rings is 1. The van der Waals surface area contributed by atoms with Crippen LogP contribution >= 0.6 is 0 Å². The van der Waals surface area contributed by atoms with E-state index in [4.69, 9.17) is 0 Å². The van der Waals surface area contributed by atoms with Crippen LogP contribution in [0.1, 0.15) is 54.1 Å². The van der Waals surface area contributed by atoms with Crippen LogP contribution in [0.3, 0.4) is 0 Å². The van der Waals surface area contributed by atoms with Crippen LogP contribution in [0.15, 0.2) is 47.5 Å². The molecule has 11 heteroatoms. The smallest absolute Gasteiger partial charge is 0.280 e. The number of nitrogens with zero attached hydrogens (tertiary/aromatic N) is 6. The lowest BCUT2D eigenvalue weighted by molar-refractivity contribution is 0.0918. The van der Waals surface area contributed by atoms with Crippen LogP contribution in [0.2, 0.25) is 0 Å². The maximum absolute atomic E-state index is 13.2. The highest BCUT2D eigenvalue weighted by molar-refractivity contribution is 6.00. The summed E-state index contributed by atoms with van der Waals surface area (Å²) in [6, 6.07) is 9.11. The van der Waals surface area contributed by atoms with E-state index in [1.54, 1.807) is 36.0 Å². The van der Waals surface area contributed by atoms with Gasteiger partial charge in [0.05, 0.1) is 11.9 Å². The van der Waals surface area contributed by atoms with Gasteiger partial charge in [0.15, 0.2) is 11.5 Å². The third-order valence-corrected chi connectivity index (χ3v) is 6.54. The Balaban J connectivity index is 1.32. The molecular weight excluding hydrogens is 446 g/mol. The predicted octanol–water partition coefficient (Wildman–Crippen LogP) is 2.62. The van der Waals surface area contributed by atoms with Gasteiger partial charge in [0.1, 0.15) is 22.9 Å². The van der Waals surface area contributed by atoms with Crippen LogP contribution in [0, 0.1) is 0 Å². The number of carbonyl (C=O) groups excluding carboxylic acids is 1. The second-order valence-corrected chi connectivity index (χ2v) is 8.98. The van der Waals surface area contributed by atoms with Crippen molar-refractivity contribution >= 4 is 28.9 Å². The Hall–Kier alpha value is -4.28. The third kappa shape index (κ3) is 3.98. The Kier molecular flexibility index (Phi) is 5.16. The van der Waals surface area contributed by atoms with E-state index in [0.29, 0.717) is 40.3 Å². The molecule has 0 aliphatic heterocycles. The largest absolute Gasteiger partial charge is 0.373 e. The van der Waals surface area contributed by atoms with Crippen molar-refractivity contribution in [2.45, 2.75) is 44.1 Å². The van der Waals surface area contributed by atoms with Gasteiger partial charge in [0.2, 0.25) is 0 Å². The van der Waals surface area contributed by atoms with Crippen molar-refractivity contribution in [3.05, 3.63) is 64.3 Å². The SMILES string of the molecule is CNc1cc(Nc2cccn(-c3ccc(C4CC4)nn3)c2=O)nc2c(C(=O)NC3CCC3)cnn12. The number of fused-ring (bicyclic) bond motifs is 1. The number of amides is 1. The maximum Gasteiger partial charge on any atom is 0.280 e. The van der Waals surface area contributed by atoms with E-state index in [2.05, 4.69) is 36.2 Å². The van der Waals surface area contributed by atoms with Gasteiger partial charge in [-0.2, -0.15) is 14.7 Å². The summed E-state index contributed by atoms with van der Waals surface area (Å²) in [6.07, 6.45) is 8.55. The molecule has 11 nitrogen and oxygen atoms in total. The van der Waals surface area contributed by atoms with Gasteiger partial charge in [-0.05, 0) is 56.4 Å². The number of hydrogen-bond acceptors (Lipinski definition) is 8. The number of hydrogen-bond donors (Lipinski definition) is 3. The first-order valence-electron chi connectivity index (χ1n) is 11.8. The lowest BCUT2D eigenvalue weighted by atomic mass is 9.93. The lowest BCUT2D eigenvalue weighted by Gasteiger charge is -2.26. The number of carbonyl (C=O) groups is 1. The monoisotopic (exact) mass is 471 g/mol. The van der Waals surface area contributed by atoms with Gasteiger partial charge in [-0.25, -0.2) is 4.98 Å². The molecule has 1 amide bonds. The van der Waals surface area contributed by atoms with Gasteiger partial charge >= 0.3 is 0 Å². The van der Waals surface area contributed by atoms with Crippen LogP contribution < -0.4 is 21.5 Å². The second-order valence-electron chi connectivity index (χ2n) is 8.98.